The zero-order valence-corrected chi connectivity index (χ0v) is 10.8. The summed E-state index contributed by atoms with van der Waals surface area (Å²) in [4.78, 5) is 8.01. The Bertz CT molecular complexity index is 552. The number of aryl methyl sites for hydroxylation is 1. The third-order valence-electron chi connectivity index (χ3n) is 2.56. The van der Waals surface area contributed by atoms with Crippen LogP contribution in [0.1, 0.15) is 17.1 Å². The number of para-hydroxylation sites is 1. The molecule has 0 atom stereocenters. The van der Waals surface area contributed by atoms with Crippen LogP contribution in [0.5, 0.6) is 5.75 Å². The SMILES string of the molecule is COc1ccccc1Cc1nc(C)c(F)c(Cl)n1. The average Bonchev–Trinajstić information content (AvgIpc) is 2.36. The number of halogens is 2. The average molecular weight is 267 g/mol. The molecule has 5 heteroatoms. The molecule has 0 bridgehead atoms. The molecule has 0 fully saturated rings. The molecule has 1 aromatic heterocycles. The van der Waals surface area contributed by atoms with Crippen molar-refractivity contribution in [1.29, 1.82) is 0 Å². The first-order valence-corrected chi connectivity index (χ1v) is 5.80. The Balaban J connectivity index is 2.34. The van der Waals surface area contributed by atoms with Gasteiger partial charge < -0.3 is 4.74 Å². The molecule has 0 saturated heterocycles. The van der Waals surface area contributed by atoms with E-state index in [1.165, 1.54) is 0 Å². The lowest BCUT2D eigenvalue weighted by Gasteiger charge is -2.08. The number of rotatable bonds is 3. The maximum absolute atomic E-state index is 13.3. The molecule has 94 valence electrons. The van der Waals surface area contributed by atoms with E-state index in [1.807, 2.05) is 24.3 Å². The number of aromatic nitrogens is 2. The van der Waals surface area contributed by atoms with Gasteiger partial charge in [0.05, 0.1) is 12.8 Å². The van der Waals surface area contributed by atoms with E-state index in [0.29, 0.717) is 12.2 Å². The van der Waals surface area contributed by atoms with Crippen LogP contribution < -0.4 is 4.74 Å². The molecule has 2 aromatic rings. The lowest BCUT2D eigenvalue weighted by Crippen LogP contribution is -2.03. The van der Waals surface area contributed by atoms with E-state index in [9.17, 15) is 4.39 Å². The molecule has 2 rings (SSSR count). The standard InChI is InChI=1S/C13H12ClFN2O/c1-8-12(15)13(14)17-11(16-8)7-9-5-3-4-6-10(9)18-2/h3-6H,7H2,1-2H3. The second-order valence-electron chi connectivity index (χ2n) is 3.82. The first-order chi connectivity index (χ1) is 8.61. The fourth-order valence-electron chi connectivity index (χ4n) is 1.68. The first kappa shape index (κ1) is 12.8. The number of ether oxygens (including phenoxy) is 1. The normalized spacial score (nSPS) is 10.4. The Kier molecular flexibility index (Phi) is 3.77. The van der Waals surface area contributed by atoms with Crippen LogP contribution in [0.2, 0.25) is 5.15 Å². The minimum atomic E-state index is -0.569. The smallest absolute Gasteiger partial charge is 0.181 e. The van der Waals surface area contributed by atoms with Gasteiger partial charge in [-0.25, -0.2) is 14.4 Å². The lowest BCUT2D eigenvalue weighted by atomic mass is 10.1. The number of methoxy groups -OCH3 is 1. The molecule has 3 nitrogen and oxygen atoms in total. The van der Waals surface area contributed by atoms with Gasteiger partial charge in [0, 0.05) is 12.0 Å². The van der Waals surface area contributed by atoms with Gasteiger partial charge in [-0.15, -0.1) is 0 Å². The molecule has 0 aliphatic rings. The van der Waals surface area contributed by atoms with Crippen LogP contribution in [0, 0.1) is 12.7 Å². The predicted octanol–water partition coefficient (Wildman–Crippen LogP) is 3.18. The number of benzene rings is 1. The second-order valence-corrected chi connectivity index (χ2v) is 4.18. The number of hydrogen-bond donors (Lipinski definition) is 0. The predicted molar refractivity (Wildman–Crippen MR) is 67.5 cm³/mol. The Morgan fingerprint density at radius 1 is 1.28 bits per heavy atom. The molecular formula is C13H12ClFN2O. The third kappa shape index (κ3) is 2.59. The van der Waals surface area contributed by atoms with Gasteiger partial charge in [-0.2, -0.15) is 0 Å². The topological polar surface area (TPSA) is 35.0 Å². The van der Waals surface area contributed by atoms with E-state index in [2.05, 4.69) is 9.97 Å². The molecule has 0 N–H and O–H groups in total. The van der Waals surface area contributed by atoms with Gasteiger partial charge in [0.15, 0.2) is 11.0 Å². The molecule has 0 spiro atoms. The minimum absolute atomic E-state index is 0.146. The monoisotopic (exact) mass is 266 g/mol. The molecule has 0 unspecified atom stereocenters. The van der Waals surface area contributed by atoms with E-state index < -0.39 is 5.82 Å². The van der Waals surface area contributed by atoms with Crippen molar-refractivity contribution in [1.82, 2.24) is 9.97 Å². The van der Waals surface area contributed by atoms with Gasteiger partial charge in [0.25, 0.3) is 0 Å². The molecule has 0 aliphatic carbocycles. The summed E-state index contributed by atoms with van der Waals surface area (Å²) in [5.74, 6) is 0.656. The zero-order chi connectivity index (χ0) is 13.1. The van der Waals surface area contributed by atoms with Crippen molar-refractivity contribution in [3.8, 4) is 5.75 Å². The van der Waals surface area contributed by atoms with Crippen molar-refractivity contribution < 1.29 is 9.13 Å². The molecule has 18 heavy (non-hydrogen) atoms. The molecule has 1 aromatic carbocycles. The van der Waals surface area contributed by atoms with Crippen LogP contribution in [0.4, 0.5) is 4.39 Å². The Morgan fingerprint density at radius 3 is 2.67 bits per heavy atom. The first-order valence-electron chi connectivity index (χ1n) is 5.42. The summed E-state index contributed by atoms with van der Waals surface area (Å²) in [6.07, 6.45) is 0.449. The van der Waals surface area contributed by atoms with Gasteiger partial charge in [0.2, 0.25) is 0 Å². The summed E-state index contributed by atoms with van der Waals surface area (Å²) in [6, 6.07) is 7.55. The summed E-state index contributed by atoms with van der Waals surface area (Å²) in [5, 5.41) is -0.146. The summed E-state index contributed by atoms with van der Waals surface area (Å²) >= 11 is 5.70. The summed E-state index contributed by atoms with van der Waals surface area (Å²) in [6.45, 7) is 1.56. The van der Waals surface area contributed by atoms with E-state index in [-0.39, 0.29) is 10.8 Å². The highest BCUT2D eigenvalue weighted by molar-refractivity contribution is 6.29. The third-order valence-corrected chi connectivity index (χ3v) is 2.81. The maximum Gasteiger partial charge on any atom is 0.181 e. The minimum Gasteiger partial charge on any atom is -0.496 e. The van der Waals surface area contributed by atoms with E-state index in [4.69, 9.17) is 16.3 Å². The van der Waals surface area contributed by atoms with Crippen molar-refractivity contribution in [3.63, 3.8) is 0 Å². The van der Waals surface area contributed by atoms with Crippen molar-refractivity contribution in [2.75, 3.05) is 7.11 Å². The Labute approximate surface area is 110 Å². The molecular weight excluding hydrogens is 255 g/mol. The van der Waals surface area contributed by atoms with E-state index >= 15 is 0 Å². The summed E-state index contributed by atoms with van der Waals surface area (Å²) in [5.41, 5.74) is 1.18. The van der Waals surface area contributed by atoms with Crippen LogP contribution in [-0.2, 0) is 6.42 Å². The quantitative estimate of drug-likeness (QED) is 0.801. The highest BCUT2D eigenvalue weighted by Gasteiger charge is 2.11. The zero-order valence-electron chi connectivity index (χ0n) is 10.1. The van der Waals surface area contributed by atoms with Crippen LogP contribution in [0.15, 0.2) is 24.3 Å². The van der Waals surface area contributed by atoms with Crippen LogP contribution in [-0.4, -0.2) is 17.1 Å². The lowest BCUT2D eigenvalue weighted by molar-refractivity contribution is 0.410. The molecule has 0 aliphatic heterocycles. The highest BCUT2D eigenvalue weighted by atomic mass is 35.5. The fraction of sp³-hybridized carbons (Fsp3) is 0.231. The van der Waals surface area contributed by atoms with Crippen LogP contribution in [0.25, 0.3) is 0 Å². The van der Waals surface area contributed by atoms with E-state index in [0.717, 1.165) is 11.3 Å². The highest BCUT2D eigenvalue weighted by Crippen LogP contribution is 2.21. The van der Waals surface area contributed by atoms with Crippen LogP contribution in [0.3, 0.4) is 0 Å². The fourth-order valence-corrected chi connectivity index (χ4v) is 1.91. The Morgan fingerprint density at radius 2 is 2.00 bits per heavy atom. The molecule has 0 radical (unpaired) electrons. The van der Waals surface area contributed by atoms with Gasteiger partial charge in [-0.3, -0.25) is 0 Å². The number of nitrogens with zero attached hydrogens (tertiary/aromatic N) is 2. The molecule has 0 amide bonds. The molecule has 1 heterocycles. The summed E-state index contributed by atoms with van der Waals surface area (Å²) < 4.78 is 18.6. The largest absolute Gasteiger partial charge is 0.496 e. The van der Waals surface area contributed by atoms with Gasteiger partial charge in [0.1, 0.15) is 11.6 Å². The Hall–Kier alpha value is -1.68. The maximum atomic E-state index is 13.3. The van der Waals surface area contributed by atoms with Crippen molar-refractivity contribution >= 4 is 11.6 Å². The van der Waals surface area contributed by atoms with Crippen molar-refractivity contribution in [3.05, 3.63) is 52.3 Å². The van der Waals surface area contributed by atoms with E-state index in [1.54, 1.807) is 14.0 Å². The van der Waals surface area contributed by atoms with Gasteiger partial charge in [-0.05, 0) is 13.0 Å². The van der Waals surface area contributed by atoms with Gasteiger partial charge >= 0.3 is 0 Å². The van der Waals surface area contributed by atoms with Crippen molar-refractivity contribution in [2.45, 2.75) is 13.3 Å². The molecule has 0 saturated carbocycles. The van der Waals surface area contributed by atoms with Crippen molar-refractivity contribution in [2.24, 2.45) is 0 Å². The van der Waals surface area contributed by atoms with Gasteiger partial charge in [-0.1, -0.05) is 29.8 Å². The number of hydrogen-bond acceptors (Lipinski definition) is 3. The van der Waals surface area contributed by atoms with Crippen LogP contribution >= 0.6 is 11.6 Å². The summed E-state index contributed by atoms with van der Waals surface area (Å²) in [7, 11) is 1.60. The second kappa shape index (κ2) is 5.31.